The number of hydrogen-bond donors (Lipinski definition) is 1. The highest BCUT2D eigenvalue weighted by Crippen LogP contribution is 2.23. The summed E-state index contributed by atoms with van der Waals surface area (Å²) in [5, 5.41) is 9.70. The number of aromatic nitrogens is 3. The van der Waals surface area contributed by atoms with E-state index in [0.29, 0.717) is 17.0 Å². The number of para-hydroxylation sites is 2. The molecule has 0 aliphatic heterocycles. The Labute approximate surface area is 178 Å². The van der Waals surface area contributed by atoms with Gasteiger partial charge in [-0.1, -0.05) is 36.4 Å². The molecule has 1 N–H and O–H groups in total. The Hall–Kier alpha value is -4.39. The highest BCUT2D eigenvalue weighted by molar-refractivity contribution is 6.07. The average molecular weight is 409 g/mol. The lowest BCUT2D eigenvalue weighted by Gasteiger charge is -1.98. The zero-order valence-electron chi connectivity index (χ0n) is 16.8. The van der Waals surface area contributed by atoms with Gasteiger partial charge in [0.15, 0.2) is 5.76 Å². The summed E-state index contributed by atoms with van der Waals surface area (Å²) in [5.41, 5.74) is 6.45. The van der Waals surface area contributed by atoms with Crippen molar-refractivity contribution >= 4 is 23.0 Å². The van der Waals surface area contributed by atoms with Crippen molar-refractivity contribution in [3.63, 3.8) is 0 Å². The maximum absolute atomic E-state index is 12.7. The van der Waals surface area contributed by atoms with E-state index in [4.69, 9.17) is 4.42 Å². The molecule has 0 saturated carbocycles. The molecule has 0 fully saturated rings. The van der Waals surface area contributed by atoms with Crippen LogP contribution in [-0.2, 0) is 7.05 Å². The van der Waals surface area contributed by atoms with Crippen molar-refractivity contribution < 1.29 is 9.21 Å². The first-order valence-electron chi connectivity index (χ1n) is 9.77. The summed E-state index contributed by atoms with van der Waals surface area (Å²) in [5.74, 6) is 0.347. The summed E-state index contributed by atoms with van der Waals surface area (Å²) in [6.45, 7) is 0. The smallest absolute Gasteiger partial charge is 0.273 e. The van der Waals surface area contributed by atoms with E-state index in [1.807, 2.05) is 78.5 Å². The standard InChI is InChI=1S/C24H19N5O2/c1-28-16-20(19-10-5-6-11-21(19)28)24(30)26-25-14-17-15-29(18-8-3-2-4-9-18)27-23(17)22-12-7-13-31-22/h2-16H,1H3,(H,26,30)/b25-14-. The number of carbonyl (C=O) groups excluding carboxylic acids is 1. The Bertz CT molecular complexity index is 1380. The third kappa shape index (κ3) is 3.53. The Balaban J connectivity index is 1.44. The summed E-state index contributed by atoms with van der Waals surface area (Å²) >= 11 is 0. The molecule has 0 atom stereocenters. The van der Waals surface area contributed by atoms with Gasteiger partial charge in [0.1, 0.15) is 5.69 Å². The molecule has 152 valence electrons. The van der Waals surface area contributed by atoms with Crippen molar-refractivity contribution in [1.82, 2.24) is 19.8 Å². The van der Waals surface area contributed by atoms with E-state index in [9.17, 15) is 4.79 Å². The molecule has 7 nitrogen and oxygen atoms in total. The van der Waals surface area contributed by atoms with Crippen LogP contribution in [0.5, 0.6) is 0 Å². The number of rotatable bonds is 5. The summed E-state index contributed by atoms with van der Waals surface area (Å²) in [4.78, 5) is 12.7. The second kappa shape index (κ2) is 7.79. The van der Waals surface area contributed by atoms with Crippen LogP contribution in [0, 0.1) is 0 Å². The van der Waals surface area contributed by atoms with Gasteiger partial charge in [-0.05, 0) is 30.3 Å². The molecule has 0 radical (unpaired) electrons. The van der Waals surface area contributed by atoms with Gasteiger partial charge in [-0.15, -0.1) is 0 Å². The van der Waals surface area contributed by atoms with Crippen molar-refractivity contribution in [2.24, 2.45) is 12.1 Å². The van der Waals surface area contributed by atoms with E-state index in [2.05, 4.69) is 15.6 Å². The van der Waals surface area contributed by atoms with Crippen molar-refractivity contribution in [2.75, 3.05) is 0 Å². The van der Waals surface area contributed by atoms with Gasteiger partial charge >= 0.3 is 0 Å². The lowest BCUT2D eigenvalue weighted by atomic mass is 10.2. The molecule has 0 bridgehead atoms. The number of fused-ring (bicyclic) bond motifs is 1. The summed E-state index contributed by atoms with van der Waals surface area (Å²) in [6, 6.07) is 21.2. The summed E-state index contributed by atoms with van der Waals surface area (Å²) in [7, 11) is 1.91. The van der Waals surface area contributed by atoms with Crippen LogP contribution >= 0.6 is 0 Å². The summed E-state index contributed by atoms with van der Waals surface area (Å²) < 4.78 is 9.21. The van der Waals surface area contributed by atoms with Crippen LogP contribution in [0.25, 0.3) is 28.0 Å². The predicted octanol–water partition coefficient (Wildman–Crippen LogP) is 4.39. The summed E-state index contributed by atoms with van der Waals surface area (Å²) in [6.07, 6.45) is 6.82. The fraction of sp³-hybridized carbons (Fsp3) is 0.0417. The van der Waals surface area contributed by atoms with Gasteiger partial charge in [0, 0.05) is 35.9 Å². The zero-order valence-corrected chi connectivity index (χ0v) is 16.8. The number of furan rings is 1. The molecule has 2 aromatic carbocycles. The Morgan fingerprint density at radius 3 is 2.65 bits per heavy atom. The van der Waals surface area contributed by atoms with Crippen LogP contribution in [0.3, 0.4) is 0 Å². The zero-order chi connectivity index (χ0) is 21.2. The van der Waals surface area contributed by atoms with Crippen LogP contribution < -0.4 is 5.43 Å². The van der Waals surface area contributed by atoms with E-state index in [1.165, 1.54) is 0 Å². The monoisotopic (exact) mass is 409 g/mol. The average Bonchev–Trinajstić information content (AvgIpc) is 3.54. The number of hydrazone groups is 1. The highest BCUT2D eigenvalue weighted by atomic mass is 16.3. The molecule has 7 heteroatoms. The molecular weight excluding hydrogens is 390 g/mol. The Kier molecular flexibility index (Phi) is 4.68. The maximum Gasteiger partial charge on any atom is 0.273 e. The number of nitrogens with one attached hydrogen (secondary N) is 1. The number of amides is 1. The molecule has 5 aromatic rings. The van der Waals surface area contributed by atoms with Crippen molar-refractivity contribution in [3.8, 4) is 17.1 Å². The van der Waals surface area contributed by atoms with Gasteiger partial charge < -0.3 is 8.98 Å². The third-order valence-electron chi connectivity index (χ3n) is 5.03. The molecule has 0 saturated heterocycles. The lowest BCUT2D eigenvalue weighted by Crippen LogP contribution is -2.17. The molecule has 3 aromatic heterocycles. The van der Waals surface area contributed by atoms with Crippen LogP contribution in [0.4, 0.5) is 0 Å². The molecule has 3 heterocycles. The van der Waals surface area contributed by atoms with Gasteiger partial charge in [-0.25, -0.2) is 10.1 Å². The second-order valence-electron chi connectivity index (χ2n) is 7.06. The molecule has 1 amide bonds. The van der Waals surface area contributed by atoms with Crippen molar-refractivity contribution in [1.29, 1.82) is 0 Å². The molecule has 31 heavy (non-hydrogen) atoms. The first-order valence-corrected chi connectivity index (χ1v) is 9.77. The predicted molar refractivity (Wildman–Crippen MR) is 119 cm³/mol. The SMILES string of the molecule is Cn1cc(C(=O)N/N=C\c2cn(-c3ccccc3)nc2-c2ccco2)c2ccccc21. The normalized spacial score (nSPS) is 11.4. The van der Waals surface area contributed by atoms with Gasteiger partial charge in [0.05, 0.1) is 23.7 Å². The number of aryl methyl sites for hydroxylation is 1. The first kappa shape index (κ1) is 18.6. The van der Waals surface area contributed by atoms with E-state index >= 15 is 0 Å². The number of nitrogens with zero attached hydrogens (tertiary/aromatic N) is 4. The van der Waals surface area contributed by atoms with E-state index < -0.39 is 0 Å². The Morgan fingerprint density at radius 2 is 1.84 bits per heavy atom. The van der Waals surface area contributed by atoms with Crippen LogP contribution in [0.1, 0.15) is 15.9 Å². The van der Waals surface area contributed by atoms with Crippen LogP contribution in [-0.4, -0.2) is 26.5 Å². The first-order chi connectivity index (χ1) is 15.2. The minimum Gasteiger partial charge on any atom is -0.463 e. The molecule has 0 aliphatic rings. The van der Waals surface area contributed by atoms with Gasteiger partial charge in [-0.3, -0.25) is 4.79 Å². The maximum atomic E-state index is 12.7. The lowest BCUT2D eigenvalue weighted by molar-refractivity contribution is 0.0956. The molecule has 0 unspecified atom stereocenters. The Morgan fingerprint density at radius 1 is 1.03 bits per heavy atom. The number of carbonyl (C=O) groups is 1. The van der Waals surface area contributed by atoms with Crippen LogP contribution in [0.2, 0.25) is 0 Å². The molecule has 0 aliphatic carbocycles. The molecular formula is C24H19N5O2. The third-order valence-corrected chi connectivity index (χ3v) is 5.03. The number of benzene rings is 2. The minimum atomic E-state index is -0.275. The molecule has 0 spiro atoms. The van der Waals surface area contributed by atoms with Crippen LogP contribution in [0.15, 0.2) is 94.9 Å². The second-order valence-corrected chi connectivity index (χ2v) is 7.06. The minimum absolute atomic E-state index is 0.275. The quantitative estimate of drug-likeness (QED) is 0.345. The van der Waals surface area contributed by atoms with Gasteiger partial charge in [0.25, 0.3) is 5.91 Å². The van der Waals surface area contributed by atoms with Gasteiger partial charge in [-0.2, -0.15) is 10.2 Å². The highest BCUT2D eigenvalue weighted by Gasteiger charge is 2.15. The number of hydrogen-bond acceptors (Lipinski definition) is 4. The topological polar surface area (TPSA) is 77.4 Å². The van der Waals surface area contributed by atoms with E-state index in [1.54, 1.807) is 29.4 Å². The van der Waals surface area contributed by atoms with E-state index in [0.717, 1.165) is 22.2 Å². The largest absolute Gasteiger partial charge is 0.463 e. The van der Waals surface area contributed by atoms with E-state index in [-0.39, 0.29) is 5.91 Å². The van der Waals surface area contributed by atoms with Gasteiger partial charge in [0.2, 0.25) is 0 Å². The van der Waals surface area contributed by atoms with Crippen molar-refractivity contribution in [3.05, 3.63) is 96.5 Å². The molecule has 5 rings (SSSR count). The van der Waals surface area contributed by atoms with Crippen molar-refractivity contribution in [2.45, 2.75) is 0 Å². The fourth-order valence-electron chi connectivity index (χ4n) is 3.54. The fourth-order valence-corrected chi connectivity index (χ4v) is 3.54.